The smallest absolute Gasteiger partial charge is 0.258 e. The Hall–Kier alpha value is -1.66. The lowest BCUT2D eigenvalue weighted by Crippen LogP contribution is -2.50. The second kappa shape index (κ2) is 10.9. The van der Waals surface area contributed by atoms with Crippen molar-refractivity contribution in [1.82, 2.24) is 4.90 Å². The summed E-state index contributed by atoms with van der Waals surface area (Å²) in [4.78, 5) is 2.29. The molecule has 0 saturated carbocycles. The first kappa shape index (κ1) is 26.9. The Kier molecular flexibility index (Phi) is 8.67. The number of nitrogens with zero attached hydrogens (tertiary/aromatic N) is 1. The molecule has 2 aromatic rings. The minimum absolute atomic E-state index is 0.0254. The Morgan fingerprint density at radius 2 is 1.29 bits per heavy atom. The van der Waals surface area contributed by atoms with Crippen LogP contribution in [0.1, 0.15) is 78.5 Å². The monoisotopic (exact) mass is 483 g/mol. The van der Waals surface area contributed by atoms with Gasteiger partial charge in [0.15, 0.2) is 0 Å². The molecule has 4 nitrogen and oxygen atoms in total. The van der Waals surface area contributed by atoms with E-state index in [4.69, 9.17) is 4.43 Å². The second-order valence-corrected chi connectivity index (χ2v) is 16.5. The van der Waals surface area contributed by atoms with E-state index in [2.05, 4.69) is 53.4 Å². The summed E-state index contributed by atoms with van der Waals surface area (Å²) in [5.41, 5.74) is 2.68. The summed E-state index contributed by atoms with van der Waals surface area (Å²) in [6, 6.07) is 18.0. The van der Waals surface area contributed by atoms with Gasteiger partial charge in [0.1, 0.15) is 5.75 Å². The van der Waals surface area contributed by atoms with E-state index in [0.717, 1.165) is 30.0 Å². The molecule has 2 N–H and O–H groups in total. The summed E-state index contributed by atoms with van der Waals surface area (Å²) in [5, 5.41) is 22.3. The van der Waals surface area contributed by atoms with E-state index < -0.39 is 20.0 Å². The van der Waals surface area contributed by atoms with Gasteiger partial charge in [-0.15, -0.1) is 0 Å². The van der Waals surface area contributed by atoms with E-state index in [0.29, 0.717) is 29.5 Å². The van der Waals surface area contributed by atoms with Gasteiger partial charge in [-0.25, -0.2) is 0 Å². The molecule has 0 radical (unpaired) electrons. The van der Waals surface area contributed by atoms with Crippen LogP contribution in [0, 0.1) is 0 Å². The van der Waals surface area contributed by atoms with E-state index in [-0.39, 0.29) is 6.04 Å². The lowest BCUT2D eigenvalue weighted by molar-refractivity contribution is -0.0501. The fourth-order valence-corrected chi connectivity index (χ4v) is 11.4. The number of likely N-dealkylation sites (tertiary alicyclic amines) is 1. The molecule has 1 saturated heterocycles. The van der Waals surface area contributed by atoms with Crippen molar-refractivity contribution < 1.29 is 14.6 Å². The van der Waals surface area contributed by atoms with Crippen molar-refractivity contribution in [3.05, 3.63) is 65.7 Å². The molecule has 0 amide bonds. The SMILES string of the molecule is CC(C)[Si](Oc1ccc([C@H](O)[C@@H](C)N2CCC(O)(c3ccccc3)CC2)cc1)(C(C)C)C(C)C. The van der Waals surface area contributed by atoms with Crippen molar-refractivity contribution in [2.24, 2.45) is 0 Å². The quantitative estimate of drug-likeness (QED) is 0.392. The minimum Gasteiger partial charge on any atom is -0.543 e. The minimum atomic E-state index is -2.00. The van der Waals surface area contributed by atoms with Gasteiger partial charge in [0.25, 0.3) is 8.32 Å². The molecule has 1 aliphatic rings. The fourth-order valence-electron chi connectivity index (χ4n) is 6.11. The van der Waals surface area contributed by atoms with Crippen LogP contribution in [0.2, 0.25) is 16.6 Å². The molecule has 2 aromatic carbocycles. The Labute approximate surface area is 208 Å². The molecular formula is C29H45NO3Si. The Balaban J connectivity index is 1.66. The molecular weight excluding hydrogens is 438 g/mol. The van der Waals surface area contributed by atoms with Crippen LogP contribution < -0.4 is 4.43 Å². The van der Waals surface area contributed by atoms with Gasteiger partial charge in [-0.2, -0.15) is 0 Å². The first-order valence-electron chi connectivity index (χ1n) is 13.0. The maximum atomic E-state index is 11.1. The summed E-state index contributed by atoms with van der Waals surface area (Å²) in [6.07, 6.45) is 0.764. The van der Waals surface area contributed by atoms with Crippen LogP contribution in [0.15, 0.2) is 54.6 Å². The summed E-state index contributed by atoms with van der Waals surface area (Å²) < 4.78 is 6.78. The first-order chi connectivity index (χ1) is 16.0. The predicted molar refractivity (Wildman–Crippen MR) is 144 cm³/mol. The molecule has 0 aliphatic carbocycles. The van der Waals surface area contributed by atoms with Crippen molar-refractivity contribution in [3.63, 3.8) is 0 Å². The van der Waals surface area contributed by atoms with E-state index in [1.54, 1.807) is 0 Å². The zero-order valence-corrected chi connectivity index (χ0v) is 23.2. The van der Waals surface area contributed by atoms with Crippen LogP contribution in [0.3, 0.4) is 0 Å². The van der Waals surface area contributed by atoms with Crippen molar-refractivity contribution >= 4 is 8.32 Å². The molecule has 0 aromatic heterocycles. The number of hydrogen-bond acceptors (Lipinski definition) is 4. The Morgan fingerprint density at radius 1 is 0.794 bits per heavy atom. The summed E-state index contributed by atoms with van der Waals surface area (Å²) in [7, 11) is -2.00. The zero-order valence-electron chi connectivity index (χ0n) is 22.2. The zero-order chi connectivity index (χ0) is 25.1. The summed E-state index contributed by atoms with van der Waals surface area (Å²) in [6.45, 7) is 17.4. The molecule has 0 spiro atoms. The third-order valence-corrected chi connectivity index (χ3v) is 14.2. The first-order valence-corrected chi connectivity index (χ1v) is 15.1. The van der Waals surface area contributed by atoms with Crippen LogP contribution in [0.4, 0.5) is 0 Å². The Morgan fingerprint density at radius 3 is 1.76 bits per heavy atom. The molecule has 0 unspecified atom stereocenters. The molecule has 34 heavy (non-hydrogen) atoms. The fraction of sp³-hybridized carbons (Fsp3) is 0.586. The van der Waals surface area contributed by atoms with E-state index in [9.17, 15) is 10.2 Å². The van der Waals surface area contributed by atoms with Gasteiger partial charge in [0.05, 0.1) is 11.7 Å². The number of aliphatic hydroxyl groups is 2. The normalized spacial score (nSPS) is 18.9. The van der Waals surface area contributed by atoms with Gasteiger partial charge in [-0.3, -0.25) is 4.90 Å². The Bertz CT molecular complexity index is 868. The maximum Gasteiger partial charge on any atom is 0.258 e. The largest absolute Gasteiger partial charge is 0.543 e. The lowest BCUT2D eigenvalue weighted by Gasteiger charge is -2.42. The number of rotatable bonds is 9. The molecule has 0 bridgehead atoms. The van der Waals surface area contributed by atoms with Gasteiger partial charge in [-0.05, 0) is 59.6 Å². The standard InChI is InChI=1S/C29H45NO3Si/c1-21(2)34(22(3)4,23(5)6)33-27-15-13-25(14-16-27)28(31)24(7)30-19-17-29(32,18-20-30)26-11-9-8-10-12-26/h8-16,21-24,28,31-32H,17-20H2,1-7H3/t24-,28-/m1/s1. The molecule has 3 rings (SSSR count). The van der Waals surface area contributed by atoms with Crippen LogP contribution in [-0.4, -0.2) is 42.6 Å². The highest BCUT2D eigenvalue weighted by molar-refractivity contribution is 6.78. The van der Waals surface area contributed by atoms with Gasteiger partial charge >= 0.3 is 0 Å². The average Bonchev–Trinajstić information content (AvgIpc) is 2.82. The number of hydrogen-bond donors (Lipinski definition) is 2. The lowest BCUT2D eigenvalue weighted by atomic mass is 9.83. The molecule has 5 heteroatoms. The predicted octanol–water partition coefficient (Wildman–Crippen LogP) is 6.65. The highest BCUT2D eigenvalue weighted by Gasteiger charge is 2.47. The number of piperidine rings is 1. The second-order valence-electron chi connectivity index (χ2n) is 11.1. The van der Waals surface area contributed by atoms with Gasteiger partial charge in [0.2, 0.25) is 0 Å². The van der Waals surface area contributed by atoms with Gasteiger partial charge < -0.3 is 14.6 Å². The van der Waals surface area contributed by atoms with Crippen molar-refractivity contribution in [1.29, 1.82) is 0 Å². The van der Waals surface area contributed by atoms with Crippen molar-refractivity contribution in [2.75, 3.05) is 13.1 Å². The van der Waals surface area contributed by atoms with Crippen LogP contribution in [0.25, 0.3) is 0 Å². The summed E-state index contributed by atoms with van der Waals surface area (Å²) in [5.74, 6) is 0.914. The van der Waals surface area contributed by atoms with Crippen molar-refractivity contribution in [2.45, 2.75) is 95.7 Å². The highest BCUT2D eigenvalue weighted by atomic mass is 28.4. The molecule has 1 aliphatic heterocycles. The molecule has 188 valence electrons. The van der Waals surface area contributed by atoms with Crippen LogP contribution in [-0.2, 0) is 5.60 Å². The molecule has 2 atom stereocenters. The van der Waals surface area contributed by atoms with Crippen LogP contribution in [0.5, 0.6) is 5.75 Å². The van der Waals surface area contributed by atoms with Gasteiger partial charge in [-0.1, -0.05) is 84.0 Å². The third-order valence-electron chi connectivity index (χ3n) is 8.19. The average molecular weight is 484 g/mol. The van der Waals surface area contributed by atoms with E-state index >= 15 is 0 Å². The van der Waals surface area contributed by atoms with E-state index in [1.807, 2.05) is 54.6 Å². The molecule has 1 fully saturated rings. The maximum absolute atomic E-state index is 11.1. The highest BCUT2D eigenvalue weighted by Crippen LogP contribution is 2.43. The third kappa shape index (κ3) is 5.43. The van der Waals surface area contributed by atoms with Gasteiger partial charge in [0, 0.05) is 19.1 Å². The number of benzene rings is 2. The number of aliphatic hydroxyl groups excluding tert-OH is 1. The van der Waals surface area contributed by atoms with Crippen molar-refractivity contribution in [3.8, 4) is 5.75 Å². The summed E-state index contributed by atoms with van der Waals surface area (Å²) >= 11 is 0. The van der Waals surface area contributed by atoms with E-state index in [1.165, 1.54) is 0 Å². The van der Waals surface area contributed by atoms with Crippen LogP contribution >= 0.6 is 0 Å². The molecule has 1 heterocycles. The topological polar surface area (TPSA) is 52.9 Å².